The van der Waals surface area contributed by atoms with Gasteiger partial charge in [-0.25, -0.2) is 4.39 Å². The Hall–Kier alpha value is -1.38. The molecular formula is C11H13FO2. The number of rotatable bonds is 3. The number of halogens is 1. The van der Waals surface area contributed by atoms with E-state index < -0.39 is 11.9 Å². The van der Waals surface area contributed by atoms with Crippen LogP contribution in [0.1, 0.15) is 25.3 Å². The highest BCUT2D eigenvalue weighted by Gasteiger charge is 2.18. The van der Waals surface area contributed by atoms with Crippen LogP contribution in [-0.4, -0.2) is 12.6 Å². The molecule has 1 rings (SSSR count). The van der Waals surface area contributed by atoms with Crippen LogP contribution in [0.15, 0.2) is 24.3 Å². The summed E-state index contributed by atoms with van der Waals surface area (Å²) in [6.45, 7) is 3.68. The molecule has 0 aliphatic carbocycles. The van der Waals surface area contributed by atoms with Gasteiger partial charge in [-0.3, -0.25) is 4.79 Å². The van der Waals surface area contributed by atoms with Crippen LogP contribution in [0.2, 0.25) is 0 Å². The van der Waals surface area contributed by atoms with Crippen molar-refractivity contribution in [3.05, 3.63) is 35.6 Å². The van der Waals surface area contributed by atoms with E-state index in [1.165, 1.54) is 6.07 Å². The lowest BCUT2D eigenvalue weighted by molar-refractivity contribution is -0.144. The van der Waals surface area contributed by atoms with Crippen molar-refractivity contribution in [1.82, 2.24) is 0 Å². The fourth-order valence-electron chi connectivity index (χ4n) is 1.22. The molecule has 0 heterocycles. The maximum atomic E-state index is 13.2. The summed E-state index contributed by atoms with van der Waals surface area (Å²) in [4.78, 5) is 11.3. The highest BCUT2D eigenvalue weighted by atomic mass is 19.1. The van der Waals surface area contributed by atoms with Crippen LogP contribution in [0.25, 0.3) is 0 Å². The van der Waals surface area contributed by atoms with Gasteiger partial charge in [0.25, 0.3) is 0 Å². The van der Waals surface area contributed by atoms with E-state index in [1.807, 2.05) is 0 Å². The van der Waals surface area contributed by atoms with Crippen molar-refractivity contribution < 1.29 is 13.9 Å². The molecule has 1 aromatic rings. The maximum Gasteiger partial charge on any atom is 0.313 e. The molecule has 0 bridgehead atoms. The largest absolute Gasteiger partial charge is 0.466 e. The third-order valence-electron chi connectivity index (χ3n) is 2.01. The van der Waals surface area contributed by atoms with E-state index in [9.17, 15) is 9.18 Å². The van der Waals surface area contributed by atoms with E-state index in [4.69, 9.17) is 4.74 Å². The molecule has 0 N–H and O–H groups in total. The number of ether oxygens (including phenoxy) is 1. The van der Waals surface area contributed by atoms with Gasteiger partial charge in [-0.2, -0.15) is 0 Å². The number of carbonyl (C=O) groups is 1. The topological polar surface area (TPSA) is 26.3 Å². The zero-order chi connectivity index (χ0) is 10.6. The van der Waals surface area contributed by atoms with Crippen molar-refractivity contribution in [2.45, 2.75) is 19.8 Å². The van der Waals surface area contributed by atoms with Gasteiger partial charge in [0.05, 0.1) is 12.5 Å². The van der Waals surface area contributed by atoms with E-state index in [1.54, 1.807) is 32.0 Å². The number of carbonyl (C=O) groups excluding carboxylic acids is 1. The number of esters is 1. The zero-order valence-electron chi connectivity index (χ0n) is 8.29. The van der Waals surface area contributed by atoms with Crippen molar-refractivity contribution in [2.24, 2.45) is 0 Å². The smallest absolute Gasteiger partial charge is 0.313 e. The molecule has 0 saturated heterocycles. The summed E-state index contributed by atoms with van der Waals surface area (Å²) in [6.07, 6.45) is 0. The molecule has 0 saturated carbocycles. The quantitative estimate of drug-likeness (QED) is 0.694. The van der Waals surface area contributed by atoms with E-state index in [0.717, 1.165) is 0 Å². The van der Waals surface area contributed by atoms with Crippen LogP contribution in [-0.2, 0) is 9.53 Å². The second-order valence-electron chi connectivity index (χ2n) is 3.00. The second-order valence-corrected chi connectivity index (χ2v) is 3.00. The second kappa shape index (κ2) is 4.74. The molecule has 0 fully saturated rings. The Morgan fingerprint density at radius 2 is 2.14 bits per heavy atom. The van der Waals surface area contributed by atoms with Gasteiger partial charge in [0.15, 0.2) is 0 Å². The minimum absolute atomic E-state index is 0.317. The molecule has 1 atom stereocenters. The van der Waals surface area contributed by atoms with Gasteiger partial charge in [-0.15, -0.1) is 0 Å². The van der Waals surface area contributed by atoms with Crippen molar-refractivity contribution in [3.8, 4) is 0 Å². The van der Waals surface area contributed by atoms with Gasteiger partial charge < -0.3 is 4.74 Å². The lowest BCUT2D eigenvalue weighted by Crippen LogP contribution is -2.14. The van der Waals surface area contributed by atoms with Crippen molar-refractivity contribution in [3.63, 3.8) is 0 Å². The normalized spacial score (nSPS) is 12.2. The summed E-state index contributed by atoms with van der Waals surface area (Å²) < 4.78 is 18.0. The molecule has 0 radical (unpaired) electrons. The Bertz CT molecular complexity index is 323. The first-order valence-corrected chi connectivity index (χ1v) is 4.58. The van der Waals surface area contributed by atoms with Gasteiger partial charge in [0.1, 0.15) is 5.82 Å². The molecule has 14 heavy (non-hydrogen) atoms. The molecule has 0 aromatic heterocycles. The van der Waals surface area contributed by atoms with Crippen molar-refractivity contribution in [1.29, 1.82) is 0 Å². The molecule has 0 spiro atoms. The van der Waals surface area contributed by atoms with E-state index in [-0.39, 0.29) is 5.82 Å². The van der Waals surface area contributed by atoms with Crippen LogP contribution in [0.3, 0.4) is 0 Å². The van der Waals surface area contributed by atoms with Gasteiger partial charge in [0.2, 0.25) is 0 Å². The monoisotopic (exact) mass is 196 g/mol. The van der Waals surface area contributed by atoms with Crippen molar-refractivity contribution in [2.75, 3.05) is 6.61 Å². The van der Waals surface area contributed by atoms with Crippen LogP contribution in [0.4, 0.5) is 4.39 Å². The average molecular weight is 196 g/mol. The Balaban J connectivity index is 2.84. The third-order valence-corrected chi connectivity index (χ3v) is 2.01. The zero-order valence-corrected chi connectivity index (χ0v) is 8.29. The molecule has 0 aliphatic rings. The molecule has 0 aliphatic heterocycles. The molecule has 1 aromatic carbocycles. The number of hydrogen-bond donors (Lipinski definition) is 0. The van der Waals surface area contributed by atoms with E-state index in [2.05, 4.69) is 0 Å². The molecule has 0 amide bonds. The summed E-state index contributed by atoms with van der Waals surface area (Å²) in [6, 6.07) is 6.23. The fraction of sp³-hybridized carbons (Fsp3) is 0.364. The Labute approximate surface area is 82.7 Å². The minimum atomic E-state index is -0.545. The van der Waals surface area contributed by atoms with Crippen molar-refractivity contribution >= 4 is 5.97 Å². The molecule has 3 heteroatoms. The fourth-order valence-corrected chi connectivity index (χ4v) is 1.22. The van der Waals surface area contributed by atoms with Crippen LogP contribution in [0.5, 0.6) is 0 Å². The summed E-state index contributed by atoms with van der Waals surface area (Å²) in [5.41, 5.74) is 0.381. The minimum Gasteiger partial charge on any atom is -0.466 e. The first kappa shape index (κ1) is 10.7. The van der Waals surface area contributed by atoms with E-state index >= 15 is 0 Å². The van der Waals surface area contributed by atoms with Gasteiger partial charge >= 0.3 is 5.97 Å². The third kappa shape index (κ3) is 2.31. The molecular weight excluding hydrogens is 183 g/mol. The Kier molecular flexibility index (Phi) is 3.63. The first-order valence-electron chi connectivity index (χ1n) is 4.58. The van der Waals surface area contributed by atoms with E-state index in [0.29, 0.717) is 12.2 Å². The average Bonchev–Trinajstić information content (AvgIpc) is 2.18. The summed E-state index contributed by atoms with van der Waals surface area (Å²) in [7, 11) is 0. The lowest BCUT2D eigenvalue weighted by atomic mass is 10.0. The highest BCUT2D eigenvalue weighted by molar-refractivity contribution is 5.77. The standard InChI is InChI=1S/C11H13FO2/c1-3-14-11(13)8(2)9-6-4-5-7-10(9)12/h4-8H,3H2,1-2H3. The van der Waals surface area contributed by atoms with Crippen LogP contribution < -0.4 is 0 Å². The predicted octanol–water partition coefficient (Wildman–Crippen LogP) is 2.49. The number of hydrogen-bond acceptors (Lipinski definition) is 2. The SMILES string of the molecule is CCOC(=O)C(C)c1ccccc1F. The highest BCUT2D eigenvalue weighted by Crippen LogP contribution is 2.19. The Morgan fingerprint density at radius 1 is 1.50 bits per heavy atom. The van der Waals surface area contributed by atoms with Crippen LogP contribution >= 0.6 is 0 Å². The summed E-state index contributed by atoms with van der Waals surface area (Å²) >= 11 is 0. The lowest BCUT2D eigenvalue weighted by Gasteiger charge is -2.11. The summed E-state index contributed by atoms with van der Waals surface area (Å²) in [5.74, 6) is -1.30. The van der Waals surface area contributed by atoms with Gasteiger partial charge in [0, 0.05) is 5.56 Å². The van der Waals surface area contributed by atoms with Gasteiger partial charge in [-0.1, -0.05) is 18.2 Å². The predicted molar refractivity (Wildman–Crippen MR) is 51.4 cm³/mol. The summed E-state index contributed by atoms with van der Waals surface area (Å²) in [5, 5.41) is 0. The molecule has 76 valence electrons. The molecule has 1 unspecified atom stereocenters. The maximum absolute atomic E-state index is 13.2. The number of benzene rings is 1. The first-order chi connectivity index (χ1) is 6.66. The Morgan fingerprint density at radius 3 is 2.71 bits per heavy atom. The van der Waals surface area contributed by atoms with Gasteiger partial charge in [-0.05, 0) is 19.9 Å². The van der Waals surface area contributed by atoms with Crippen LogP contribution in [0, 0.1) is 5.82 Å². The molecule has 2 nitrogen and oxygen atoms in total.